The molecule has 1 unspecified atom stereocenters. The second kappa shape index (κ2) is 12.8. The van der Waals surface area contributed by atoms with Crippen LogP contribution in [0.4, 0.5) is 11.4 Å². The number of carbonyl (C=O) groups excluding carboxylic acids is 1. The molecular formula is C29H31IN2O7S2. The van der Waals surface area contributed by atoms with Gasteiger partial charge in [-0.25, -0.2) is 16.8 Å². The van der Waals surface area contributed by atoms with E-state index in [2.05, 4.69) is 29.2 Å². The van der Waals surface area contributed by atoms with Crippen molar-refractivity contribution in [2.45, 2.75) is 35.5 Å². The van der Waals surface area contributed by atoms with Crippen LogP contribution in [-0.2, 0) is 29.6 Å². The Morgan fingerprint density at radius 3 is 2.24 bits per heavy atom. The third-order valence-corrected chi connectivity index (χ3v) is 11.5. The van der Waals surface area contributed by atoms with Crippen LogP contribution in [0, 0.1) is 3.57 Å². The molecule has 9 nitrogen and oxygen atoms in total. The van der Waals surface area contributed by atoms with Crippen LogP contribution in [0.25, 0.3) is 0 Å². The van der Waals surface area contributed by atoms with Crippen LogP contribution in [-0.4, -0.2) is 49.6 Å². The van der Waals surface area contributed by atoms with Crippen molar-refractivity contribution < 1.29 is 31.1 Å². The molecule has 1 atom stereocenters. The van der Waals surface area contributed by atoms with Gasteiger partial charge in [0, 0.05) is 35.6 Å². The molecule has 0 saturated carbocycles. The van der Waals surface area contributed by atoms with Crippen molar-refractivity contribution in [3.8, 4) is 5.75 Å². The van der Waals surface area contributed by atoms with E-state index in [1.165, 1.54) is 46.9 Å². The molecule has 0 bridgehead atoms. The summed E-state index contributed by atoms with van der Waals surface area (Å²) >= 11 is 2.05. The van der Waals surface area contributed by atoms with E-state index in [0.29, 0.717) is 27.7 Å². The summed E-state index contributed by atoms with van der Waals surface area (Å²) in [4.78, 5) is 12.0. The van der Waals surface area contributed by atoms with Crippen LogP contribution in [0.15, 0.2) is 89.2 Å². The van der Waals surface area contributed by atoms with Gasteiger partial charge in [0.1, 0.15) is 11.4 Å². The largest absolute Gasteiger partial charge is 0.494 e. The predicted octanol–water partition coefficient (Wildman–Crippen LogP) is 5.32. The first-order valence-electron chi connectivity index (χ1n) is 12.8. The normalized spacial score (nSPS) is 15.1. The number of sulfonamides is 2. The zero-order chi connectivity index (χ0) is 29.8. The molecule has 0 N–H and O–H groups in total. The van der Waals surface area contributed by atoms with E-state index in [1.807, 2.05) is 0 Å². The van der Waals surface area contributed by atoms with Crippen LogP contribution in [0.1, 0.15) is 31.2 Å². The molecule has 0 amide bonds. The van der Waals surface area contributed by atoms with Gasteiger partial charge in [-0.3, -0.25) is 13.4 Å². The summed E-state index contributed by atoms with van der Waals surface area (Å²) in [5.41, 5.74) is 1.20. The van der Waals surface area contributed by atoms with Crippen LogP contribution in [0.3, 0.4) is 0 Å². The molecule has 1 aliphatic heterocycles. The third-order valence-electron chi connectivity index (χ3n) is 6.73. The van der Waals surface area contributed by atoms with Crippen molar-refractivity contribution >= 4 is 60.0 Å². The zero-order valence-electron chi connectivity index (χ0n) is 22.7. The van der Waals surface area contributed by atoms with Crippen molar-refractivity contribution in [1.82, 2.24) is 0 Å². The van der Waals surface area contributed by atoms with Gasteiger partial charge in [0.15, 0.2) is 0 Å². The lowest BCUT2D eigenvalue weighted by molar-refractivity contribution is -0.141. The van der Waals surface area contributed by atoms with Crippen LogP contribution in [0.2, 0.25) is 0 Å². The SMILES string of the molecule is C=CCCN(c1c(OC)cc2c(c1I)C(COC(C)=O)CCN2S(=O)(=O)c1ccccc1)S(=O)(=O)c1ccccc1. The summed E-state index contributed by atoms with van der Waals surface area (Å²) in [6, 6.07) is 17.7. The van der Waals surface area contributed by atoms with Crippen LogP contribution < -0.4 is 13.3 Å². The standard InChI is InChI=1S/C29H31IN2O7S2/c1-4-5-17-32(41(36,37)24-14-10-7-11-15-24)29-26(38-3)19-25-27(28(29)30)22(20-39-21(2)33)16-18-31(25)40(34,35)23-12-8-6-9-13-23/h4,6-15,19,22H,1,5,16-18,20H2,2-3H3. The Bertz CT molecular complexity index is 1630. The number of halogens is 1. The molecule has 3 aromatic rings. The maximum absolute atomic E-state index is 14.0. The first kappa shape index (κ1) is 30.8. The summed E-state index contributed by atoms with van der Waals surface area (Å²) in [5.74, 6) is -0.652. The highest BCUT2D eigenvalue weighted by atomic mass is 127. The lowest BCUT2D eigenvalue weighted by atomic mass is 9.90. The van der Waals surface area contributed by atoms with Crippen LogP contribution >= 0.6 is 22.6 Å². The van der Waals surface area contributed by atoms with E-state index in [4.69, 9.17) is 9.47 Å². The zero-order valence-corrected chi connectivity index (χ0v) is 26.5. The topological polar surface area (TPSA) is 110 Å². The fourth-order valence-corrected chi connectivity index (χ4v) is 9.25. The Balaban J connectivity index is 1.98. The van der Waals surface area contributed by atoms with Gasteiger partial charge in [-0.2, -0.15) is 0 Å². The number of anilines is 2. The van der Waals surface area contributed by atoms with Crippen LogP contribution in [0.5, 0.6) is 5.75 Å². The monoisotopic (exact) mass is 710 g/mol. The summed E-state index contributed by atoms with van der Waals surface area (Å²) in [6.45, 7) is 5.30. The number of nitrogens with zero attached hydrogens (tertiary/aromatic N) is 2. The number of carbonyl (C=O) groups is 1. The molecule has 3 aromatic carbocycles. The smallest absolute Gasteiger partial charge is 0.302 e. The molecule has 1 aliphatic rings. The molecule has 12 heteroatoms. The Kier molecular flexibility index (Phi) is 9.65. The minimum absolute atomic E-state index is 0.0153. The minimum Gasteiger partial charge on any atom is -0.494 e. The maximum atomic E-state index is 14.0. The van der Waals surface area contributed by atoms with Gasteiger partial charge in [-0.1, -0.05) is 42.5 Å². The molecule has 0 spiro atoms. The summed E-state index contributed by atoms with van der Waals surface area (Å²) < 4.78 is 69.8. The molecule has 0 fully saturated rings. The number of rotatable bonds is 11. The second-order valence-corrected chi connectivity index (χ2v) is 14.1. The maximum Gasteiger partial charge on any atom is 0.302 e. The van der Waals surface area contributed by atoms with E-state index in [9.17, 15) is 21.6 Å². The summed E-state index contributed by atoms with van der Waals surface area (Å²) in [6.07, 6.45) is 2.34. The molecule has 1 heterocycles. The van der Waals surface area contributed by atoms with E-state index in [0.717, 1.165) is 0 Å². The molecule has 41 heavy (non-hydrogen) atoms. The van der Waals surface area contributed by atoms with Gasteiger partial charge in [-0.05, 0) is 65.3 Å². The average Bonchev–Trinajstić information content (AvgIpc) is 2.97. The van der Waals surface area contributed by atoms with Crippen molar-refractivity contribution in [3.63, 3.8) is 0 Å². The fraction of sp³-hybridized carbons (Fsp3) is 0.276. The quantitative estimate of drug-likeness (QED) is 0.151. The first-order valence-corrected chi connectivity index (χ1v) is 16.8. The Morgan fingerprint density at radius 2 is 1.68 bits per heavy atom. The second-order valence-electron chi connectivity index (χ2n) is 9.32. The van der Waals surface area contributed by atoms with Crippen molar-refractivity contribution in [1.29, 1.82) is 0 Å². The number of ether oxygens (including phenoxy) is 2. The number of fused-ring (bicyclic) bond motifs is 1. The number of hydrogen-bond donors (Lipinski definition) is 0. The van der Waals surface area contributed by atoms with Gasteiger partial charge >= 0.3 is 5.97 Å². The average molecular weight is 711 g/mol. The molecule has 218 valence electrons. The third kappa shape index (κ3) is 6.24. The molecule has 0 saturated heterocycles. The Labute approximate surface area is 255 Å². The molecular weight excluding hydrogens is 679 g/mol. The first-order chi connectivity index (χ1) is 19.5. The lowest BCUT2D eigenvalue weighted by Crippen LogP contribution is -2.39. The summed E-state index contributed by atoms with van der Waals surface area (Å²) in [7, 11) is -6.61. The van der Waals surface area contributed by atoms with Gasteiger partial charge in [0.2, 0.25) is 0 Å². The Morgan fingerprint density at radius 1 is 1.07 bits per heavy atom. The van der Waals surface area contributed by atoms with Gasteiger partial charge < -0.3 is 9.47 Å². The van der Waals surface area contributed by atoms with E-state index in [1.54, 1.807) is 48.5 Å². The number of esters is 1. The van der Waals surface area contributed by atoms with E-state index in [-0.39, 0.29) is 46.8 Å². The highest BCUT2D eigenvalue weighted by Gasteiger charge is 2.39. The lowest BCUT2D eigenvalue weighted by Gasteiger charge is -2.37. The molecule has 0 aliphatic carbocycles. The highest BCUT2D eigenvalue weighted by molar-refractivity contribution is 14.1. The van der Waals surface area contributed by atoms with E-state index < -0.39 is 26.0 Å². The minimum atomic E-state index is -4.05. The number of hydrogen-bond acceptors (Lipinski definition) is 7. The van der Waals surface area contributed by atoms with Gasteiger partial charge in [0.05, 0.1) is 29.2 Å². The number of benzene rings is 3. The molecule has 4 rings (SSSR count). The molecule has 0 aromatic heterocycles. The fourth-order valence-electron chi connectivity index (χ4n) is 4.77. The van der Waals surface area contributed by atoms with Crippen molar-refractivity contribution in [2.75, 3.05) is 35.4 Å². The van der Waals surface area contributed by atoms with Gasteiger partial charge in [0.25, 0.3) is 20.0 Å². The van der Waals surface area contributed by atoms with Crippen molar-refractivity contribution in [3.05, 3.63) is 88.5 Å². The van der Waals surface area contributed by atoms with E-state index >= 15 is 0 Å². The number of methoxy groups -OCH3 is 1. The summed E-state index contributed by atoms with van der Waals surface area (Å²) in [5, 5.41) is 0. The van der Waals surface area contributed by atoms with Gasteiger partial charge in [-0.15, -0.1) is 6.58 Å². The van der Waals surface area contributed by atoms with Crippen molar-refractivity contribution in [2.24, 2.45) is 0 Å². The Hall–Kier alpha value is -3.10. The predicted molar refractivity (Wildman–Crippen MR) is 166 cm³/mol. The highest BCUT2D eigenvalue weighted by Crippen LogP contribution is 2.49. The molecule has 0 radical (unpaired) electrons.